The number of carbonyl (C=O) groups excluding carboxylic acids is 1. The Bertz CT molecular complexity index is 527. The summed E-state index contributed by atoms with van der Waals surface area (Å²) < 4.78 is 5.13. The van der Waals surface area contributed by atoms with Crippen molar-refractivity contribution in [1.29, 1.82) is 0 Å². The predicted molar refractivity (Wildman–Crippen MR) is 97.4 cm³/mol. The quantitative estimate of drug-likeness (QED) is 0.781. The van der Waals surface area contributed by atoms with Crippen LogP contribution in [-0.4, -0.2) is 62.3 Å². The molecule has 1 heterocycles. The van der Waals surface area contributed by atoms with Crippen LogP contribution in [0.3, 0.4) is 0 Å². The lowest BCUT2D eigenvalue weighted by atomic mass is 10.1. The lowest BCUT2D eigenvalue weighted by Crippen LogP contribution is -2.42. The van der Waals surface area contributed by atoms with Crippen molar-refractivity contribution < 1.29 is 9.53 Å². The van der Waals surface area contributed by atoms with E-state index >= 15 is 0 Å². The number of rotatable bonds is 8. The first-order valence-corrected chi connectivity index (χ1v) is 8.95. The molecule has 0 bridgehead atoms. The van der Waals surface area contributed by atoms with E-state index in [9.17, 15) is 4.79 Å². The second-order valence-corrected chi connectivity index (χ2v) is 6.71. The molecule has 24 heavy (non-hydrogen) atoms. The maximum absolute atomic E-state index is 12.5. The molecular weight excluding hydrogens is 326 g/mol. The highest BCUT2D eigenvalue weighted by molar-refractivity contribution is 6.31. The van der Waals surface area contributed by atoms with E-state index in [1.165, 1.54) is 12.8 Å². The summed E-state index contributed by atoms with van der Waals surface area (Å²) in [5.41, 5.74) is 0.945. The van der Waals surface area contributed by atoms with Gasteiger partial charge >= 0.3 is 6.03 Å². The lowest BCUT2D eigenvalue weighted by Gasteiger charge is -2.24. The van der Waals surface area contributed by atoms with Crippen LogP contribution in [0.15, 0.2) is 24.3 Å². The Morgan fingerprint density at radius 3 is 2.92 bits per heavy atom. The van der Waals surface area contributed by atoms with Crippen molar-refractivity contribution in [2.24, 2.45) is 0 Å². The molecule has 2 rings (SSSR count). The van der Waals surface area contributed by atoms with E-state index in [0.29, 0.717) is 37.3 Å². The third-order valence-corrected chi connectivity index (χ3v) is 4.97. The van der Waals surface area contributed by atoms with Crippen molar-refractivity contribution in [3.05, 3.63) is 34.9 Å². The average Bonchev–Trinajstić information content (AvgIpc) is 2.98. The normalized spacial score (nSPS) is 17.9. The van der Waals surface area contributed by atoms with E-state index in [1.807, 2.05) is 24.3 Å². The SMILES string of the molecule is COCCN(Cc1ccccc1Cl)C(=O)NCCC1CCCN1C. The Labute approximate surface area is 149 Å². The summed E-state index contributed by atoms with van der Waals surface area (Å²) in [5, 5.41) is 3.72. The zero-order chi connectivity index (χ0) is 17.4. The smallest absolute Gasteiger partial charge is 0.317 e. The third kappa shape index (κ3) is 5.65. The Morgan fingerprint density at radius 2 is 2.25 bits per heavy atom. The van der Waals surface area contributed by atoms with Crippen molar-refractivity contribution in [3.63, 3.8) is 0 Å². The van der Waals surface area contributed by atoms with Gasteiger partial charge in [0.1, 0.15) is 0 Å². The second-order valence-electron chi connectivity index (χ2n) is 6.30. The Balaban J connectivity index is 1.86. The first-order valence-electron chi connectivity index (χ1n) is 8.57. The van der Waals surface area contributed by atoms with Crippen LogP contribution in [0.25, 0.3) is 0 Å². The van der Waals surface area contributed by atoms with Crippen LogP contribution in [0.5, 0.6) is 0 Å². The average molecular weight is 354 g/mol. The van der Waals surface area contributed by atoms with Gasteiger partial charge in [-0.1, -0.05) is 29.8 Å². The molecule has 0 aliphatic carbocycles. The van der Waals surface area contributed by atoms with Crippen LogP contribution in [-0.2, 0) is 11.3 Å². The maximum atomic E-state index is 12.5. The van der Waals surface area contributed by atoms with Gasteiger partial charge in [-0.2, -0.15) is 0 Å². The largest absolute Gasteiger partial charge is 0.383 e. The van der Waals surface area contributed by atoms with E-state index in [2.05, 4.69) is 17.3 Å². The molecule has 1 saturated heterocycles. The van der Waals surface area contributed by atoms with Crippen LogP contribution < -0.4 is 5.32 Å². The number of carbonyl (C=O) groups is 1. The van der Waals surface area contributed by atoms with Crippen LogP contribution in [0.4, 0.5) is 4.79 Å². The Hall–Kier alpha value is -1.30. The summed E-state index contributed by atoms with van der Waals surface area (Å²) in [7, 11) is 3.79. The molecular formula is C18H28ClN3O2. The summed E-state index contributed by atoms with van der Waals surface area (Å²) in [5.74, 6) is 0. The molecule has 1 aromatic carbocycles. The number of amides is 2. The molecule has 134 valence electrons. The topological polar surface area (TPSA) is 44.8 Å². The van der Waals surface area contributed by atoms with Gasteiger partial charge in [0.05, 0.1) is 6.61 Å². The second kappa shape index (κ2) is 9.87. The van der Waals surface area contributed by atoms with Gasteiger partial charge in [0.2, 0.25) is 0 Å². The van der Waals surface area contributed by atoms with Crippen molar-refractivity contribution in [3.8, 4) is 0 Å². The standard InChI is InChI=1S/C18H28ClN3O2/c1-21-11-5-7-16(21)9-10-20-18(23)22(12-13-24-2)14-15-6-3-4-8-17(15)19/h3-4,6,8,16H,5,7,9-14H2,1-2H3,(H,20,23). The van der Waals surface area contributed by atoms with Gasteiger partial charge in [0.15, 0.2) is 0 Å². The molecule has 0 aromatic heterocycles. The Morgan fingerprint density at radius 1 is 1.46 bits per heavy atom. The van der Waals surface area contributed by atoms with Crippen molar-refractivity contribution in [2.75, 3.05) is 40.4 Å². The first-order chi connectivity index (χ1) is 11.6. The van der Waals surface area contributed by atoms with Gasteiger partial charge in [-0.05, 0) is 44.5 Å². The molecule has 1 fully saturated rings. The fourth-order valence-corrected chi connectivity index (χ4v) is 3.28. The van der Waals surface area contributed by atoms with E-state index in [4.69, 9.17) is 16.3 Å². The number of hydrogen-bond acceptors (Lipinski definition) is 3. The van der Waals surface area contributed by atoms with Crippen LogP contribution in [0.1, 0.15) is 24.8 Å². The van der Waals surface area contributed by atoms with Gasteiger partial charge in [0.25, 0.3) is 0 Å². The van der Waals surface area contributed by atoms with Crippen molar-refractivity contribution in [2.45, 2.75) is 31.8 Å². The minimum Gasteiger partial charge on any atom is -0.383 e. The molecule has 1 N–H and O–H groups in total. The number of halogens is 1. The summed E-state index contributed by atoms with van der Waals surface area (Å²) in [4.78, 5) is 16.6. The third-order valence-electron chi connectivity index (χ3n) is 4.60. The number of nitrogens with one attached hydrogen (secondary N) is 1. The van der Waals surface area contributed by atoms with E-state index < -0.39 is 0 Å². The molecule has 1 aromatic rings. The monoisotopic (exact) mass is 353 g/mol. The molecule has 1 aliphatic rings. The van der Waals surface area contributed by atoms with Crippen molar-refractivity contribution in [1.82, 2.24) is 15.1 Å². The van der Waals surface area contributed by atoms with E-state index in [1.54, 1.807) is 12.0 Å². The zero-order valence-electron chi connectivity index (χ0n) is 14.6. The summed E-state index contributed by atoms with van der Waals surface area (Å²) >= 11 is 6.22. The highest BCUT2D eigenvalue weighted by atomic mass is 35.5. The number of nitrogens with zero attached hydrogens (tertiary/aromatic N) is 2. The number of urea groups is 1. The van der Waals surface area contributed by atoms with Crippen LogP contribution in [0.2, 0.25) is 5.02 Å². The molecule has 6 heteroatoms. The van der Waals surface area contributed by atoms with Gasteiger partial charge in [0, 0.05) is 37.8 Å². The van der Waals surface area contributed by atoms with Gasteiger partial charge in [-0.15, -0.1) is 0 Å². The molecule has 1 unspecified atom stereocenters. The highest BCUT2D eigenvalue weighted by Gasteiger charge is 2.21. The van der Waals surface area contributed by atoms with Gasteiger partial charge in [-0.25, -0.2) is 4.79 Å². The summed E-state index contributed by atoms with van der Waals surface area (Å²) in [6, 6.07) is 8.14. The highest BCUT2D eigenvalue weighted by Crippen LogP contribution is 2.18. The maximum Gasteiger partial charge on any atom is 0.317 e. The molecule has 0 spiro atoms. The fourth-order valence-electron chi connectivity index (χ4n) is 3.09. The molecule has 1 aliphatic heterocycles. The fraction of sp³-hybridized carbons (Fsp3) is 0.611. The molecule has 0 saturated carbocycles. The van der Waals surface area contributed by atoms with E-state index in [0.717, 1.165) is 18.5 Å². The number of methoxy groups -OCH3 is 1. The summed E-state index contributed by atoms with van der Waals surface area (Å²) in [6.45, 7) is 3.38. The predicted octanol–water partition coefficient (Wildman–Crippen LogP) is 2.98. The lowest BCUT2D eigenvalue weighted by molar-refractivity contribution is 0.146. The molecule has 5 nitrogen and oxygen atoms in total. The minimum absolute atomic E-state index is 0.0624. The number of hydrogen-bond donors (Lipinski definition) is 1. The number of benzene rings is 1. The molecule has 1 atom stereocenters. The van der Waals surface area contributed by atoms with Crippen LogP contribution >= 0.6 is 11.6 Å². The number of ether oxygens (including phenoxy) is 1. The van der Waals surface area contributed by atoms with Gasteiger partial charge < -0.3 is 19.9 Å². The summed E-state index contributed by atoms with van der Waals surface area (Å²) in [6.07, 6.45) is 3.47. The number of likely N-dealkylation sites (tertiary alicyclic amines) is 1. The molecule has 0 radical (unpaired) electrons. The minimum atomic E-state index is -0.0624. The van der Waals surface area contributed by atoms with Gasteiger partial charge in [-0.3, -0.25) is 0 Å². The zero-order valence-corrected chi connectivity index (χ0v) is 15.4. The van der Waals surface area contributed by atoms with Crippen molar-refractivity contribution >= 4 is 17.6 Å². The molecule has 2 amide bonds. The first kappa shape index (κ1) is 19.0. The van der Waals surface area contributed by atoms with E-state index in [-0.39, 0.29) is 6.03 Å². The Kier molecular flexibility index (Phi) is 7.82. The van der Waals surface area contributed by atoms with Crippen LogP contribution in [0, 0.1) is 0 Å².